The fourth-order valence-electron chi connectivity index (χ4n) is 1.76. The highest BCUT2D eigenvalue weighted by Crippen LogP contribution is 2.22. The van der Waals surface area contributed by atoms with Crippen molar-refractivity contribution in [2.24, 2.45) is 4.99 Å². The van der Waals surface area contributed by atoms with Gasteiger partial charge in [0, 0.05) is 24.2 Å². The maximum absolute atomic E-state index is 6.09. The van der Waals surface area contributed by atoms with E-state index in [2.05, 4.69) is 35.7 Å². The molecule has 2 rings (SSSR count). The first-order chi connectivity index (χ1) is 9.54. The molecule has 0 aliphatic carbocycles. The van der Waals surface area contributed by atoms with Crippen LogP contribution in [0.4, 0.5) is 0 Å². The van der Waals surface area contributed by atoms with E-state index < -0.39 is 8.32 Å². The Balaban J connectivity index is 2.08. The van der Waals surface area contributed by atoms with Crippen LogP contribution in [0.3, 0.4) is 0 Å². The molecule has 0 amide bonds. The van der Waals surface area contributed by atoms with Gasteiger partial charge in [0.05, 0.1) is 6.54 Å². The highest BCUT2D eigenvalue weighted by Gasteiger charge is 2.17. The number of nitrogens with zero attached hydrogens (tertiary/aromatic N) is 2. The van der Waals surface area contributed by atoms with Crippen molar-refractivity contribution in [2.45, 2.75) is 26.2 Å². The zero-order chi connectivity index (χ0) is 14.4. The molecule has 1 heterocycles. The van der Waals surface area contributed by atoms with E-state index in [0.29, 0.717) is 6.54 Å². The monoisotopic (exact) mass is 284 g/mol. The van der Waals surface area contributed by atoms with E-state index in [9.17, 15) is 0 Å². The van der Waals surface area contributed by atoms with Gasteiger partial charge in [0.25, 0.3) is 0 Å². The van der Waals surface area contributed by atoms with Gasteiger partial charge in [-0.2, -0.15) is 0 Å². The summed E-state index contributed by atoms with van der Waals surface area (Å²) in [5.74, 6) is 0.957. The van der Waals surface area contributed by atoms with Gasteiger partial charge < -0.3 is 4.43 Å². The van der Waals surface area contributed by atoms with Crippen molar-refractivity contribution in [3.05, 3.63) is 59.9 Å². The zero-order valence-electron chi connectivity index (χ0n) is 12.2. The third kappa shape index (κ3) is 4.62. The van der Waals surface area contributed by atoms with Gasteiger partial charge in [0.2, 0.25) is 8.32 Å². The van der Waals surface area contributed by atoms with Gasteiger partial charge in [-0.3, -0.25) is 9.98 Å². The van der Waals surface area contributed by atoms with Crippen LogP contribution in [0.25, 0.3) is 0 Å². The molecular weight excluding hydrogens is 264 g/mol. The molecule has 0 N–H and O–H groups in total. The van der Waals surface area contributed by atoms with Crippen molar-refractivity contribution < 1.29 is 4.43 Å². The van der Waals surface area contributed by atoms with Crippen molar-refractivity contribution in [3.8, 4) is 5.75 Å². The van der Waals surface area contributed by atoms with Crippen molar-refractivity contribution in [1.82, 2.24) is 4.98 Å². The molecule has 1 aromatic heterocycles. The van der Waals surface area contributed by atoms with Gasteiger partial charge in [-0.1, -0.05) is 18.2 Å². The number of aromatic nitrogens is 1. The van der Waals surface area contributed by atoms with Crippen molar-refractivity contribution in [1.29, 1.82) is 0 Å². The summed E-state index contributed by atoms with van der Waals surface area (Å²) < 4.78 is 6.09. The summed E-state index contributed by atoms with van der Waals surface area (Å²) in [6.07, 6.45) is 5.40. The van der Waals surface area contributed by atoms with Crippen LogP contribution in [0.15, 0.2) is 53.8 Å². The molecule has 20 heavy (non-hydrogen) atoms. The predicted molar refractivity (Wildman–Crippen MR) is 86.0 cm³/mol. The van der Waals surface area contributed by atoms with E-state index in [-0.39, 0.29) is 0 Å². The Hall–Kier alpha value is -1.94. The van der Waals surface area contributed by atoms with Crippen LogP contribution in [0.5, 0.6) is 5.75 Å². The molecule has 4 heteroatoms. The van der Waals surface area contributed by atoms with Gasteiger partial charge >= 0.3 is 0 Å². The largest absolute Gasteiger partial charge is 0.544 e. The normalized spacial score (nSPS) is 11.8. The predicted octanol–water partition coefficient (Wildman–Crippen LogP) is 3.91. The zero-order valence-corrected chi connectivity index (χ0v) is 13.2. The minimum absolute atomic E-state index is 0.628. The quantitative estimate of drug-likeness (QED) is 0.616. The topological polar surface area (TPSA) is 34.5 Å². The molecule has 1 aromatic carbocycles. The molecule has 2 aromatic rings. The number of hydrogen-bond acceptors (Lipinski definition) is 3. The van der Waals surface area contributed by atoms with E-state index in [1.165, 1.54) is 0 Å². The average molecular weight is 284 g/mol. The summed E-state index contributed by atoms with van der Waals surface area (Å²) >= 11 is 0. The van der Waals surface area contributed by atoms with E-state index in [1.807, 2.05) is 36.5 Å². The second-order valence-corrected chi connectivity index (χ2v) is 10.0. The molecule has 3 nitrogen and oxygen atoms in total. The van der Waals surface area contributed by atoms with Crippen LogP contribution in [0.2, 0.25) is 19.6 Å². The molecule has 0 fully saturated rings. The highest BCUT2D eigenvalue weighted by molar-refractivity contribution is 6.70. The Morgan fingerprint density at radius 2 is 1.80 bits per heavy atom. The summed E-state index contributed by atoms with van der Waals surface area (Å²) in [6.45, 7) is 7.18. The molecule has 0 spiro atoms. The van der Waals surface area contributed by atoms with Crippen LogP contribution < -0.4 is 4.43 Å². The van der Waals surface area contributed by atoms with E-state index in [1.54, 1.807) is 12.4 Å². The first-order valence-corrected chi connectivity index (χ1v) is 10.1. The van der Waals surface area contributed by atoms with E-state index in [4.69, 9.17) is 4.43 Å². The van der Waals surface area contributed by atoms with E-state index >= 15 is 0 Å². The first-order valence-electron chi connectivity index (χ1n) is 6.71. The molecule has 0 aliphatic heterocycles. The third-order valence-corrected chi connectivity index (χ3v) is 3.43. The fourth-order valence-corrected chi connectivity index (χ4v) is 2.62. The van der Waals surface area contributed by atoms with Crippen LogP contribution >= 0.6 is 0 Å². The fraction of sp³-hybridized carbons (Fsp3) is 0.250. The lowest BCUT2D eigenvalue weighted by Crippen LogP contribution is -2.29. The molecule has 104 valence electrons. The second kappa shape index (κ2) is 6.48. The summed E-state index contributed by atoms with van der Waals surface area (Å²) in [6, 6.07) is 12.0. The molecular formula is C16H20N2OSi. The van der Waals surface area contributed by atoms with Crippen molar-refractivity contribution in [3.63, 3.8) is 0 Å². The smallest absolute Gasteiger partial charge is 0.242 e. The Kier molecular flexibility index (Phi) is 4.68. The Morgan fingerprint density at radius 1 is 1.10 bits per heavy atom. The molecule has 0 unspecified atom stereocenters. The van der Waals surface area contributed by atoms with Crippen LogP contribution in [0.1, 0.15) is 11.1 Å². The number of pyridine rings is 1. The molecule has 0 aliphatic rings. The molecule has 0 bridgehead atoms. The summed E-state index contributed by atoms with van der Waals surface area (Å²) in [5.41, 5.74) is 2.18. The average Bonchev–Trinajstić information content (AvgIpc) is 2.40. The summed E-state index contributed by atoms with van der Waals surface area (Å²) in [5, 5.41) is 0. The van der Waals surface area contributed by atoms with Gasteiger partial charge in [-0.05, 0) is 43.4 Å². The van der Waals surface area contributed by atoms with Crippen LogP contribution in [-0.4, -0.2) is 19.5 Å². The number of para-hydroxylation sites is 1. The minimum Gasteiger partial charge on any atom is -0.544 e. The number of aliphatic imine (C=N–C) groups is 1. The van der Waals surface area contributed by atoms with Crippen LogP contribution in [-0.2, 0) is 6.54 Å². The van der Waals surface area contributed by atoms with Gasteiger partial charge in [0.15, 0.2) is 0 Å². The highest BCUT2D eigenvalue weighted by atomic mass is 28.4. The first kappa shape index (κ1) is 14.5. The SMILES string of the molecule is C[Si](C)(C)Oc1ccccc1C/N=C\c1ccncc1. The molecule has 0 saturated carbocycles. The molecule has 0 saturated heterocycles. The lowest BCUT2D eigenvalue weighted by molar-refractivity contribution is 0.549. The van der Waals surface area contributed by atoms with Crippen molar-refractivity contribution in [2.75, 3.05) is 0 Å². The maximum Gasteiger partial charge on any atom is 0.242 e. The Morgan fingerprint density at radius 3 is 2.50 bits per heavy atom. The number of hydrogen-bond donors (Lipinski definition) is 0. The lowest BCUT2D eigenvalue weighted by atomic mass is 10.2. The maximum atomic E-state index is 6.09. The van der Waals surface area contributed by atoms with Gasteiger partial charge in [0.1, 0.15) is 5.75 Å². The number of rotatable bonds is 5. The lowest BCUT2D eigenvalue weighted by Gasteiger charge is -2.21. The summed E-state index contributed by atoms with van der Waals surface area (Å²) in [4.78, 5) is 8.47. The second-order valence-electron chi connectivity index (χ2n) is 5.57. The Bertz CT molecular complexity index is 577. The third-order valence-electron chi connectivity index (χ3n) is 2.60. The molecule has 0 radical (unpaired) electrons. The number of benzene rings is 1. The van der Waals surface area contributed by atoms with Gasteiger partial charge in [-0.25, -0.2) is 0 Å². The Labute approximate surface area is 121 Å². The van der Waals surface area contributed by atoms with Crippen LogP contribution in [0, 0.1) is 0 Å². The van der Waals surface area contributed by atoms with Crippen molar-refractivity contribution >= 4 is 14.5 Å². The minimum atomic E-state index is -1.59. The standard InChI is InChI=1S/C16H20N2OSi/c1-20(2,3)19-16-7-5-4-6-15(16)13-18-12-14-8-10-17-11-9-14/h4-12H,13H2,1-3H3/b18-12-. The molecule has 0 atom stereocenters. The van der Waals surface area contributed by atoms with E-state index in [0.717, 1.165) is 16.9 Å². The van der Waals surface area contributed by atoms with Gasteiger partial charge in [-0.15, -0.1) is 0 Å². The summed E-state index contributed by atoms with van der Waals surface area (Å²) in [7, 11) is -1.59.